The highest BCUT2D eigenvalue weighted by molar-refractivity contribution is 7.12. The van der Waals surface area contributed by atoms with Crippen LogP contribution in [0.25, 0.3) is 0 Å². The van der Waals surface area contributed by atoms with Crippen molar-refractivity contribution in [2.24, 2.45) is 0 Å². The minimum atomic E-state index is -0.968. The summed E-state index contributed by atoms with van der Waals surface area (Å²) < 4.78 is 5.45. The molecule has 0 fully saturated rings. The zero-order chi connectivity index (χ0) is 12.3. The van der Waals surface area contributed by atoms with Gasteiger partial charge in [0.15, 0.2) is 0 Å². The molecule has 0 aliphatic carbocycles. The molecular formula is C12H7NO3S. The van der Waals surface area contributed by atoms with Gasteiger partial charge in [-0.05, 0) is 24.3 Å². The fourth-order valence-electron chi connectivity index (χ4n) is 1.22. The van der Waals surface area contributed by atoms with Crippen LogP contribution < -0.4 is 4.74 Å². The number of nitrogens with zero attached hydrogens (tertiary/aromatic N) is 1. The van der Waals surface area contributed by atoms with Gasteiger partial charge in [-0.3, -0.25) is 0 Å². The van der Waals surface area contributed by atoms with Gasteiger partial charge in [0.05, 0.1) is 11.6 Å². The van der Waals surface area contributed by atoms with Gasteiger partial charge in [-0.25, -0.2) is 4.79 Å². The lowest BCUT2D eigenvalue weighted by atomic mass is 10.2. The van der Waals surface area contributed by atoms with E-state index in [1.54, 1.807) is 29.6 Å². The summed E-state index contributed by atoms with van der Waals surface area (Å²) in [6.07, 6.45) is 0. The van der Waals surface area contributed by atoms with E-state index in [1.807, 2.05) is 6.07 Å². The van der Waals surface area contributed by atoms with Crippen molar-refractivity contribution in [1.29, 1.82) is 5.26 Å². The van der Waals surface area contributed by atoms with Gasteiger partial charge >= 0.3 is 5.97 Å². The summed E-state index contributed by atoms with van der Waals surface area (Å²) in [5, 5.41) is 19.0. The molecule has 84 valence electrons. The molecule has 1 heterocycles. The number of ether oxygens (including phenoxy) is 1. The van der Waals surface area contributed by atoms with Crippen LogP contribution in [0, 0.1) is 11.3 Å². The van der Waals surface area contributed by atoms with Crippen LogP contribution in [-0.4, -0.2) is 11.1 Å². The lowest BCUT2D eigenvalue weighted by Gasteiger charge is -2.01. The Hall–Kier alpha value is -2.32. The molecular weight excluding hydrogens is 238 g/mol. The van der Waals surface area contributed by atoms with E-state index in [0.717, 1.165) is 11.3 Å². The van der Waals surface area contributed by atoms with Gasteiger partial charge in [0.1, 0.15) is 16.4 Å². The number of benzene rings is 1. The molecule has 5 heteroatoms. The first-order chi connectivity index (χ1) is 8.19. The summed E-state index contributed by atoms with van der Waals surface area (Å²) in [5.74, 6) is 0.0838. The van der Waals surface area contributed by atoms with Crippen molar-refractivity contribution in [3.8, 4) is 17.6 Å². The first-order valence-corrected chi connectivity index (χ1v) is 5.57. The van der Waals surface area contributed by atoms with Crippen molar-refractivity contribution in [1.82, 2.24) is 0 Å². The maximum Gasteiger partial charge on any atom is 0.346 e. The number of hydrogen-bond donors (Lipinski definition) is 1. The van der Waals surface area contributed by atoms with Crippen LogP contribution in [-0.2, 0) is 0 Å². The third-order valence-electron chi connectivity index (χ3n) is 2.01. The van der Waals surface area contributed by atoms with E-state index in [9.17, 15) is 4.79 Å². The Balaban J connectivity index is 2.14. The second kappa shape index (κ2) is 4.68. The van der Waals surface area contributed by atoms with Crippen molar-refractivity contribution < 1.29 is 14.6 Å². The monoisotopic (exact) mass is 245 g/mol. The van der Waals surface area contributed by atoms with Crippen LogP contribution in [0.5, 0.6) is 11.5 Å². The smallest absolute Gasteiger partial charge is 0.346 e. The van der Waals surface area contributed by atoms with E-state index in [4.69, 9.17) is 15.1 Å². The van der Waals surface area contributed by atoms with E-state index < -0.39 is 5.97 Å². The third kappa shape index (κ3) is 2.62. The highest BCUT2D eigenvalue weighted by atomic mass is 32.1. The predicted molar refractivity (Wildman–Crippen MR) is 62.5 cm³/mol. The zero-order valence-corrected chi connectivity index (χ0v) is 9.40. The van der Waals surface area contributed by atoms with Crippen LogP contribution in [0.15, 0.2) is 35.7 Å². The first-order valence-electron chi connectivity index (χ1n) is 4.69. The molecule has 0 spiro atoms. The number of thiophene rings is 1. The van der Waals surface area contributed by atoms with Gasteiger partial charge in [-0.15, -0.1) is 11.3 Å². The lowest BCUT2D eigenvalue weighted by Crippen LogP contribution is -1.90. The molecule has 0 saturated heterocycles. The fourth-order valence-corrected chi connectivity index (χ4v) is 1.86. The molecule has 0 radical (unpaired) electrons. The van der Waals surface area contributed by atoms with Gasteiger partial charge in [0.25, 0.3) is 0 Å². The van der Waals surface area contributed by atoms with Crippen LogP contribution >= 0.6 is 11.3 Å². The van der Waals surface area contributed by atoms with E-state index in [0.29, 0.717) is 17.1 Å². The molecule has 0 atom stereocenters. The molecule has 0 bridgehead atoms. The first kappa shape index (κ1) is 11.2. The van der Waals surface area contributed by atoms with Gasteiger partial charge in [-0.2, -0.15) is 5.26 Å². The second-order valence-electron chi connectivity index (χ2n) is 3.19. The van der Waals surface area contributed by atoms with Crippen LogP contribution in [0.1, 0.15) is 15.2 Å². The highest BCUT2D eigenvalue weighted by Crippen LogP contribution is 2.27. The van der Waals surface area contributed by atoms with Crippen LogP contribution in [0.2, 0.25) is 0 Å². The van der Waals surface area contributed by atoms with Gasteiger partial charge in [-0.1, -0.05) is 0 Å². The molecule has 2 rings (SSSR count). The SMILES string of the molecule is N#Cc1ccc(Oc2csc(C(=O)O)c2)cc1. The van der Waals surface area contributed by atoms with Gasteiger partial charge in [0.2, 0.25) is 0 Å². The van der Waals surface area contributed by atoms with Crippen molar-refractivity contribution in [2.75, 3.05) is 0 Å². The van der Waals surface area contributed by atoms with Crippen molar-refractivity contribution in [3.63, 3.8) is 0 Å². The Morgan fingerprint density at radius 1 is 1.29 bits per heavy atom. The lowest BCUT2D eigenvalue weighted by molar-refractivity contribution is 0.0702. The quantitative estimate of drug-likeness (QED) is 0.901. The van der Waals surface area contributed by atoms with Crippen molar-refractivity contribution >= 4 is 17.3 Å². The van der Waals surface area contributed by atoms with E-state index >= 15 is 0 Å². The molecule has 0 unspecified atom stereocenters. The van der Waals surface area contributed by atoms with Gasteiger partial charge in [0, 0.05) is 11.4 Å². The molecule has 1 N–H and O–H groups in total. The average molecular weight is 245 g/mol. The zero-order valence-electron chi connectivity index (χ0n) is 8.58. The van der Waals surface area contributed by atoms with Crippen LogP contribution in [0.3, 0.4) is 0 Å². The second-order valence-corrected chi connectivity index (χ2v) is 4.10. The maximum absolute atomic E-state index is 10.7. The number of carboxylic acid groups (broad SMARTS) is 1. The molecule has 2 aromatic rings. The topological polar surface area (TPSA) is 70.3 Å². The number of nitriles is 1. The summed E-state index contributed by atoms with van der Waals surface area (Å²) in [6, 6.07) is 10.1. The summed E-state index contributed by atoms with van der Waals surface area (Å²) in [4.78, 5) is 10.9. The van der Waals surface area contributed by atoms with Crippen molar-refractivity contribution in [3.05, 3.63) is 46.2 Å². The standard InChI is InChI=1S/C12H7NO3S/c13-6-8-1-3-9(4-2-8)16-10-5-11(12(14)15)17-7-10/h1-5,7H,(H,14,15). The molecule has 1 aromatic carbocycles. The Bertz CT molecular complexity index is 581. The number of rotatable bonds is 3. The van der Waals surface area contributed by atoms with Crippen molar-refractivity contribution in [2.45, 2.75) is 0 Å². The molecule has 1 aromatic heterocycles. The fraction of sp³-hybridized carbons (Fsp3) is 0. The predicted octanol–water partition coefficient (Wildman–Crippen LogP) is 3.11. The normalized spacial score (nSPS) is 9.59. The Morgan fingerprint density at radius 2 is 2.00 bits per heavy atom. The third-order valence-corrected chi connectivity index (χ3v) is 2.90. The summed E-state index contributed by atoms with van der Waals surface area (Å²) >= 11 is 1.11. The number of hydrogen-bond acceptors (Lipinski definition) is 4. The molecule has 0 aliphatic heterocycles. The van der Waals surface area contributed by atoms with E-state index in [-0.39, 0.29) is 4.88 Å². The maximum atomic E-state index is 10.7. The number of carbonyl (C=O) groups is 1. The Kier molecular flexibility index (Phi) is 3.08. The Morgan fingerprint density at radius 3 is 2.53 bits per heavy atom. The molecule has 0 amide bonds. The highest BCUT2D eigenvalue weighted by Gasteiger charge is 2.08. The van der Waals surface area contributed by atoms with E-state index in [1.165, 1.54) is 6.07 Å². The molecule has 4 nitrogen and oxygen atoms in total. The number of aromatic carboxylic acids is 1. The molecule has 17 heavy (non-hydrogen) atoms. The molecule has 0 aliphatic rings. The van der Waals surface area contributed by atoms with Crippen LogP contribution in [0.4, 0.5) is 0 Å². The Labute approximate surface area is 101 Å². The average Bonchev–Trinajstić information content (AvgIpc) is 2.79. The summed E-state index contributed by atoms with van der Waals surface area (Å²) in [6.45, 7) is 0. The van der Waals surface area contributed by atoms with E-state index in [2.05, 4.69) is 0 Å². The molecule has 0 saturated carbocycles. The summed E-state index contributed by atoms with van der Waals surface area (Å²) in [5.41, 5.74) is 0.550. The minimum absolute atomic E-state index is 0.230. The van der Waals surface area contributed by atoms with Gasteiger partial charge < -0.3 is 9.84 Å². The number of carboxylic acids is 1. The largest absolute Gasteiger partial charge is 0.477 e. The minimum Gasteiger partial charge on any atom is -0.477 e. The summed E-state index contributed by atoms with van der Waals surface area (Å²) in [7, 11) is 0.